The minimum absolute atomic E-state index is 0.103. The van der Waals surface area contributed by atoms with Gasteiger partial charge in [0.25, 0.3) is 0 Å². The highest BCUT2D eigenvalue weighted by atomic mass is 16.1. The van der Waals surface area contributed by atoms with Crippen LogP contribution in [-0.4, -0.2) is 18.0 Å². The summed E-state index contributed by atoms with van der Waals surface area (Å²) in [6.07, 6.45) is 6.21. The molecule has 1 saturated carbocycles. The molecule has 3 heteroatoms. The normalized spacial score (nSPS) is 27.0. The lowest BCUT2D eigenvalue weighted by Gasteiger charge is -2.30. The maximum atomic E-state index is 12.4. The Morgan fingerprint density at radius 1 is 1.11 bits per heavy atom. The van der Waals surface area contributed by atoms with Crippen molar-refractivity contribution in [2.75, 3.05) is 0 Å². The summed E-state index contributed by atoms with van der Waals surface area (Å²) in [5.41, 5.74) is 8.75. The van der Waals surface area contributed by atoms with Crippen molar-refractivity contribution in [1.82, 2.24) is 5.32 Å². The quantitative estimate of drug-likeness (QED) is 0.849. The van der Waals surface area contributed by atoms with Crippen molar-refractivity contribution in [3.63, 3.8) is 0 Å². The van der Waals surface area contributed by atoms with Gasteiger partial charge >= 0.3 is 0 Å². The van der Waals surface area contributed by atoms with Crippen LogP contribution in [-0.2, 0) is 17.6 Å². The first-order valence-electron chi connectivity index (χ1n) is 7.37. The van der Waals surface area contributed by atoms with E-state index in [1.807, 2.05) is 0 Å². The monoisotopic (exact) mass is 258 g/mol. The molecule has 1 aromatic rings. The number of nitrogens with one attached hydrogen (secondary N) is 1. The minimum Gasteiger partial charge on any atom is -0.352 e. The summed E-state index contributed by atoms with van der Waals surface area (Å²) in [5, 5.41) is 3.18. The third-order valence-corrected chi connectivity index (χ3v) is 4.57. The van der Waals surface area contributed by atoms with E-state index in [-0.39, 0.29) is 23.9 Å². The van der Waals surface area contributed by atoms with E-state index in [9.17, 15) is 4.79 Å². The van der Waals surface area contributed by atoms with Crippen LogP contribution in [0.25, 0.3) is 0 Å². The highest BCUT2D eigenvalue weighted by Gasteiger charge is 2.30. The van der Waals surface area contributed by atoms with Crippen molar-refractivity contribution >= 4 is 5.91 Å². The predicted octanol–water partition coefficient (Wildman–Crippen LogP) is 1.79. The topological polar surface area (TPSA) is 55.1 Å². The molecule has 0 bridgehead atoms. The van der Waals surface area contributed by atoms with E-state index in [2.05, 4.69) is 29.6 Å². The van der Waals surface area contributed by atoms with Crippen molar-refractivity contribution in [2.45, 2.75) is 50.6 Å². The van der Waals surface area contributed by atoms with Gasteiger partial charge in [0.1, 0.15) is 0 Å². The van der Waals surface area contributed by atoms with Gasteiger partial charge in [-0.3, -0.25) is 4.79 Å². The van der Waals surface area contributed by atoms with Crippen LogP contribution in [0.3, 0.4) is 0 Å². The zero-order valence-corrected chi connectivity index (χ0v) is 11.3. The Morgan fingerprint density at radius 3 is 2.37 bits per heavy atom. The maximum absolute atomic E-state index is 12.4. The van der Waals surface area contributed by atoms with Crippen LogP contribution in [0, 0.1) is 5.92 Å². The maximum Gasteiger partial charge on any atom is 0.224 e. The molecule has 0 spiro atoms. The molecular formula is C16H22N2O. The van der Waals surface area contributed by atoms with Gasteiger partial charge in [0, 0.05) is 18.0 Å². The molecule has 1 fully saturated rings. The highest BCUT2D eigenvalue weighted by Crippen LogP contribution is 2.27. The molecule has 2 atom stereocenters. The molecule has 3 rings (SSSR count). The molecule has 2 aliphatic rings. The van der Waals surface area contributed by atoms with Crippen LogP contribution in [0.15, 0.2) is 24.3 Å². The summed E-state index contributed by atoms with van der Waals surface area (Å²) in [6, 6.07) is 8.70. The number of benzene rings is 1. The number of rotatable bonds is 2. The summed E-state index contributed by atoms with van der Waals surface area (Å²) in [7, 11) is 0. The van der Waals surface area contributed by atoms with Gasteiger partial charge in [0.05, 0.1) is 0 Å². The van der Waals surface area contributed by atoms with Crippen molar-refractivity contribution < 1.29 is 4.79 Å². The number of hydrogen-bond acceptors (Lipinski definition) is 2. The fourth-order valence-corrected chi connectivity index (χ4v) is 3.38. The molecule has 0 aliphatic heterocycles. The van der Waals surface area contributed by atoms with E-state index < -0.39 is 0 Å². The Labute approximate surface area is 114 Å². The summed E-state index contributed by atoms with van der Waals surface area (Å²) in [5.74, 6) is 0.296. The smallest absolute Gasteiger partial charge is 0.224 e. The zero-order valence-electron chi connectivity index (χ0n) is 11.3. The van der Waals surface area contributed by atoms with Crippen LogP contribution in [0.1, 0.15) is 36.8 Å². The van der Waals surface area contributed by atoms with E-state index >= 15 is 0 Å². The molecule has 19 heavy (non-hydrogen) atoms. The number of hydrogen-bond donors (Lipinski definition) is 2. The number of fused-ring (bicyclic) bond motifs is 1. The van der Waals surface area contributed by atoms with Crippen molar-refractivity contribution in [3.8, 4) is 0 Å². The molecule has 3 nitrogen and oxygen atoms in total. The van der Waals surface area contributed by atoms with Gasteiger partial charge in [-0.15, -0.1) is 0 Å². The van der Waals surface area contributed by atoms with E-state index in [4.69, 9.17) is 5.73 Å². The minimum atomic E-state index is 0.103. The van der Waals surface area contributed by atoms with Gasteiger partial charge in [-0.05, 0) is 36.8 Å². The molecule has 1 amide bonds. The third-order valence-electron chi connectivity index (χ3n) is 4.57. The Balaban J connectivity index is 1.60. The highest BCUT2D eigenvalue weighted by molar-refractivity contribution is 5.80. The summed E-state index contributed by atoms with van der Waals surface area (Å²) in [6.45, 7) is 0. The fourth-order valence-electron chi connectivity index (χ4n) is 3.38. The molecule has 0 radical (unpaired) electrons. The predicted molar refractivity (Wildman–Crippen MR) is 75.7 cm³/mol. The van der Waals surface area contributed by atoms with Gasteiger partial charge in [0.2, 0.25) is 5.91 Å². The first-order valence-corrected chi connectivity index (χ1v) is 7.37. The molecular weight excluding hydrogens is 236 g/mol. The molecule has 2 unspecified atom stereocenters. The second-order valence-corrected chi connectivity index (χ2v) is 5.94. The third kappa shape index (κ3) is 2.66. The van der Waals surface area contributed by atoms with Crippen LogP contribution in [0.4, 0.5) is 0 Å². The van der Waals surface area contributed by atoms with Crippen LogP contribution in [0.2, 0.25) is 0 Å². The lowest BCUT2D eigenvalue weighted by molar-refractivity contribution is -0.125. The zero-order chi connectivity index (χ0) is 13.2. The second-order valence-electron chi connectivity index (χ2n) is 5.94. The van der Waals surface area contributed by atoms with E-state index in [1.54, 1.807) is 0 Å². The van der Waals surface area contributed by atoms with E-state index in [0.29, 0.717) is 0 Å². The summed E-state index contributed by atoms with van der Waals surface area (Å²) in [4.78, 5) is 12.4. The summed E-state index contributed by atoms with van der Waals surface area (Å²) >= 11 is 0. The molecule has 0 aromatic heterocycles. The Morgan fingerprint density at radius 2 is 1.74 bits per heavy atom. The Bertz CT molecular complexity index is 447. The largest absolute Gasteiger partial charge is 0.352 e. The van der Waals surface area contributed by atoms with Crippen LogP contribution >= 0.6 is 0 Å². The number of amides is 1. The van der Waals surface area contributed by atoms with Gasteiger partial charge < -0.3 is 11.1 Å². The van der Waals surface area contributed by atoms with Gasteiger partial charge in [-0.2, -0.15) is 0 Å². The van der Waals surface area contributed by atoms with Crippen molar-refractivity contribution in [2.24, 2.45) is 11.7 Å². The molecule has 0 saturated heterocycles. The lowest BCUT2D eigenvalue weighted by atomic mass is 9.90. The SMILES string of the molecule is NC1CCCCC1NC(=O)C1Cc2ccccc2C1. The average Bonchev–Trinajstić information content (AvgIpc) is 2.85. The van der Waals surface area contributed by atoms with Gasteiger partial charge in [-0.1, -0.05) is 37.1 Å². The summed E-state index contributed by atoms with van der Waals surface area (Å²) < 4.78 is 0. The second kappa shape index (κ2) is 5.33. The van der Waals surface area contributed by atoms with Crippen LogP contribution in [0.5, 0.6) is 0 Å². The number of carbonyl (C=O) groups excluding carboxylic acids is 1. The van der Waals surface area contributed by atoms with Crippen molar-refractivity contribution in [3.05, 3.63) is 35.4 Å². The first kappa shape index (κ1) is 12.7. The van der Waals surface area contributed by atoms with E-state index in [0.717, 1.165) is 25.7 Å². The molecule has 2 aliphatic carbocycles. The number of nitrogens with two attached hydrogens (primary N) is 1. The Kier molecular flexibility index (Phi) is 3.56. The molecule has 0 heterocycles. The van der Waals surface area contributed by atoms with Crippen LogP contribution < -0.4 is 11.1 Å². The molecule has 102 valence electrons. The molecule has 3 N–H and O–H groups in total. The van der Waals surface area contributed by atoms with E-state index in [1.165, 1.54) is 24.0 Å². The fraction of sp³-hybridized carbons (Fsp3) is 0.562. The average molecular weight is 258 g/mol. The van der Waals surface area contributed by atoms with Gasteiger partial charge in [-0.25, -0.2) is 0 Å². The lowest BCUT2D eigenvalue weighted by Crippen LogP contribution is -2.50. The van der Waals surface area contributed by atoms with Gasteiger partial charge in [0.15, 0.2) is 0 Å². The number of carbonyl (C=O) groups is 1. The Hall–Kier alpha value is -1.35. The van der Waals surface area contributed by atoms with Crippen molar-refractivity contribution in [1.29, 1.82) is 0 Å². The first-order chi connectivity index (χ1) is 9.24. The standard InChI is InChI=1S/C16H22N2O/c17-14-7-3-4-8-15(14)18-16(19)13-9-11-5-1-2-6-12(11)10-13/h1-2,5-6,13-15H,3-4,7-10,17H2,(H,18,19). The molecule has 1 aromatic carbocycles.